The monoisotopic (exact) mass is 309 g/mol. The van der Waals surface area contributed by atoms with Gasteiger partial charge in [0, 0.05) is 6.04 Å². The van der Waals surface area contributed by atoms with Crippen LogP contribution in [-0.4, -0.2) is 32.0 Å². The van der Waals surface area contributed by atoms with Gasteiger partial charge in [0.15, 0.2) is 0 Å². The average Bonchev–Trinajstić information content (AvgIpc) is 2.40. The van der Waals surface area contributed by atoms with Gasteiger partial charge in [-0.2, -0.15) is 13.2 Å². The van der Waals surface area contributed by atoms with Crippen LogP contribution in [0.25, 0.3) is 0 Å². The normalized spacial score (nSPS) is 26.9. The molecule has 0 spiro atoms. The molecule has 5 heteroatoms. The number of halogens is 3. The second kappa shape index (κ2) is 10.4. The fraction of sp³-hybridized carbons (Fsp3) is 1.00. The number of alkyl halides is 3. The molecule has 0 amide bonds. The van der Waals surface area contributed by atoms with Gasteiger partial charge < -0.3 is 10.1 Å². The highest BCUT2D eigenvalue weighted by atomic mass is 19.4. The van der Waals surface area contributed by atoms with E-state index in [2.05, 4.69) is 5.32 Å². The molecule has 21 heavy (non-hydrogen) atoms. The van der Waals surface area contributed by atoms with Crippen molar-refractivity contribution in [2.45, 2.75) is 89.0 Å². The summed E-state index contributed by atoms with van der Waals surface area (Å²) in [5.41, 5.74) is 0. The lowest BCUT2D eigenvalue weighted by Crippen LogP contribution is -2.40. The minimum Gasteiger partial charge on any atom is -0.376 e. The van der Waals surface area contributed by atoms with Crippen LogP contribution < -0.4 is 5.32 Å². The number of ether oxygens (including phenoxy) is 1. The molecule has 0 aromatic carbocycles. The predicted molar refractivity (Wildman–Crippen MR) is 79.4 cm³/mol. The summed E-state index contributed by atoms with van der Waals surface area (Å²) in [6.07, 6.45) is 6.47. The molecule has 0 heterocycles. The Morgan fingerprint density at radius 3 is 1.95 bits per heavy atom. The van der Waals surface area contributed by atoms with E-state index < -0.39 is 12.6 Å². The van der Waals surface area contributed by atoms with Crippen LogP contribution >= 0.6 is 0 Å². The first kappa shape index (κ1) is 18.8. The molecule has 0 aromatic heterocycles. The zero-order valence-electron chi connectivity index (χ0n) is 13.2. The molecule has 1 aliphatic carbocycles. The molecule has 2 atom stereocenters. The molecule has 2 nitrogen and oxygen atoms in total. The Morgan fingerprint density at radius 1 is 0.905 bits per heavy atom. The molecule has 0 saturated heterocycles. The van der Waals surface area contributed by atoms with Gasteiger partial charge in [-0.1, -0.05) is 51.4 Å². The SMILES string of the molecule is CNC1CCCCCCCCCCC1OCCC(F)(F)F. The molecule has 0 bridgehead atoms. The van der Waals surface area contributed by atoms with Gasteiger partial charge in [0.25, 0.3) is 0 Å². The van der Waals surface area contributed by atoms with Crippen LogP contribution in [0.15, 0.2) is 0 Å². The topological polar surface area (TPSA) is 21.3 Å². The summed E-state index contributed by atoms with van der Waals surface area (Å²) >= 11 is 0. The Morgan fingerprint density at radius 2 is 1.43 bits per heavy atom. The minimum absolute atomic E-state index is 0.0863. The van der Waals surface area contributed by atoms with Crippen LogP contribution in [-0.2, 0) is 4.74 Å². The van der Waals surface area contributed by atoms with Crippen LogP contribution in [0.5, 0.6) is 0 Å². The molecule has 1 rings (SSSR count). The van der Waals surface area contributed by atoms with Gasteiger partial charge in [-0.25, -0.2) is 0 Å². The third kappa shape index (κ3) is 9.35. The van der Waals surface area contributed by atoms with Crippen molar-refractivity contribution >= 4 is 0 Å². The molecule has 0 radical (unpaired) electrons. The second-order valence-electron chi connectivity index (χ2n) is 6.08. The third-order valence-corrected chi connectivity index (χ3v) is 4.29. The highest BCUT2D eigenvalue weighted by Gasteiger charge is 2.28. The van der Waals surface area contributed by atoms with Gasteiger partial charge in [0.2, 0.25) is 0 Å². The predicted octanol–water partition coefficient (Wildman–Crippen LogP) is 4.83. The van der Waals surface area contributed by atoms with E-state index in [1.807, 2.05) is 7.05 Å². The van der Waals surface area contributed by atoms with Gasteiger partial charge >= 0.3 is 6.18 Å². The van der Waals surface area contributed by atoms with Crippen LogP contribution in [0, 0.1) is 0 Å². The van der Waals surface area contributed by atoms with Gasteiger partial charge in [-0.3, -0.25) is 0 Å². The Kier molecular flexibility index (Phi) is 9.32. The number of nitrogens with one attached hydrogen (secondary N) is 1. The molecular weight excluding hydrogens is 279 g/mol. The molecule has 0 aromatic rings. The van der Waals surface area contributed by atoms with Gasteiger partial charge in [-0.05, 0) is 19.9 Å². The fourth-order valence-corrected chi connectivity index (χ4v) is 3.01. The highest BCUT2D eigenvalue weighted by Crippen LogP contribution is 2.22. The van der Waals surface area contributed by atoms with Crippen molar-refractivity contribution < 1.29 is 17.9 Å². The van der Waals surface area contributed by atoms with E-state index in [0.717, 1.165) is 32.1 Å². The van der Waals surface area contributed by atoms with Crippen LogP contribution in [0.4, 0.5) is 13.2 Å². The van der Waals surface area contributed by atoms with Gasteiger partial charge in [-0.15, -0.1) is 0 Å². The first-order valence-corrected chi connectivity index (χ1v) is 8.38. The van der Waals surface area contributed by atoms with Crippen molar-refractivity contribution in [1.82, 2.24) is 5.32 Å². The number of hydrogen-bond acceptors (Lipinski definition) is 2. The largest absolute Gasteiger partial charge is 0.391 e. The van der Waals surface area contributed by atoms with E-state index in [4.69, 9.17) is 4.74 Å². The number of likely N-dealkylation sites (N-methyl/N-ethyl adjacent to an activating group) is 1. The van der Waals surface area contributed by atoms with E-state index >= 15 is 0 Å². The average molecular weight is 309 g/mol. The minimum atomic E-state index is -4.12. The zero-order valence-corrected chi connectivity index (χ0v) is 13.2. The Balaban J connectivity index is 2.45. The van der Waals surface area contributed by atoms with Crippen molar-refractivity contribution in [1.29, 1.82) is 0 Å². The van der Waals surface area contributed by atoms with Crippen LogP contribution in [0.1, 0.15) is 70.6 Å². The maximum absolute atomic E-state index is 12.3. The quantitative estimate of drug-likeness (QED) is 0.803. The van der Waals surface area contributed by atoms with Crippen LogP contribution in [0.2, 0.25) is 0 Å². The number of hydrogen-bond donors (Lipinski definition) is 1. The standard InChI is InChI=1S/C16H30F3NO/c1-20-14-10-8-6-4-2-3-5-7-9-11-15(14)21-13-12-16(17,18)19/h14-15,20H,2-13H2,1H3. The molecular formula is C16H30F3NO. The smallest absolute Gasteiger partial charge is 0.376 e. The highest BCUT2D eigenvalue weighted by molar-refractivity contribution is 4.77. The van der Waals surface area contributed by atoms with E-state index in [1.165, 1.54) is 32.1 Å². The van der Waals surface area contributed by atoms with Crippen molar-refractivity contribution in [3.8, 4) is 0 Å². The van der Waals surface area contributed by atoms with Crippen LogP contribution in [0.3, 0.4) is 0 Å². The van der Waals surface area contributed by atoms with E-state index in [-0.39, 0.29) is 18.8 Å². The Hall–Kier alpha value is -0.290. The molecule has 1 N–H and O–H groups in total. The molecule has 1 aliphatic rings. The summed E-state index contributed by atoms with van der Waals surface area (Å²) in [6, 6.07) is 0.178. The van der Waals surface area contributed by atoms with Crippen molar-refractivity contribution in [2.24, 2.45) is 0 Å². The summed E-state index contributed by atoms with van der Waals surface area (Å²) in [5.74, 6) is 0. The van der Waals surface area contributed by atoms with Gasteiger partial charge in [0.1, 0.15) is 0 Å². The third-order valence-electron chi connectivity index (χ3n) is 4.29. The zero-order chi connectivity index (χ0) is 15.6. The second-order valence-corrected chi connectivity index (χ2v) is 6.08. The Bertz CT molecular complexity index is 258. The molecule has 126 valence electrons. The maximum Gasteiger partial charge on any atom is 0.391 e. The lowest BCUT2D eigenvalue weighted by atomic mass is 9.96. The van der Waals surface area contributed by atoms with Crippen molar-refractivity contribution in [2.75, 3.05) is 13.7 Å². The van der Waals surface area contributed by atoms with E-state index in [1.54, 1.807) is 0 Å². The lowest BCUT2D eigenvalue weighted by Gasteiger charge is -2.28. The van der Waals surface area contributed by atoms with Crippen molar-refractivity contribution in [3.63, 3.8) is 0 Å². The first-order valence-electron chi connectivity index (χ1n) is 8.38. The maximum atomic E-state index is 12.3. The number of rotatable bonds is 4. The summed E-state index contributed by atoms with van der Waals surface area (Å²) in [7, 11) is 1.89. The summed E-state index contributed by atoms with van der Waals surface area (Å²) in [5, 5.41) is 3.25. The first-order chi connectivity index (χ1) is 10.0. The summed E-state index contributed by atoms with van der Waals surface area (Å²) < 4.78 is 42.4. The van der Waals surface area contributed by atoms with Gasteiger partial charge in [0.05, 0.1) is 19.1 Å². The molecule has 1 saturated carbocycles. The molecule has 2 unspecified atom stereocenters. The lowest BCUT2D eigenvalue weighted by molar-refractivity contribution is -0.150. The van der Waals surface area contributed by atoms with E-state index in [9.17, 15) is 13.2 Å². The fourth-order valence-electron chi connectivity index (χ4n) is 3.01. The summed E-state index contributed by atoms with van der Waals surface area (Å²) in [6.45, 7) is -0.216. The molecule has 0 aliphatic heterocycles. The molecule has 1 fully saturated rings. The van der Waals surface area contributed by atoms with Crippen molar-refractivity contribution in [3.05, 3.63) is 0 Å². The summed E-state index contributed by atoms with van der Waals surface area (Å²) in [4.78, 5) is 0. The van der Waals surface area contributed by atoms with E-state index in [0.29, 0.717) is 0 Å². The Labute approximate surface area is 126 Å².